The van der Waals surface area contributed by atoms with Crippen molar-refractivity contribution < 1.29 is 14.3 Å². The summed E-state index contributed by atoms with van der Waals surface area (Å²) in [7, 11) is 0. The molecule has 0 saturated carbocycles. The van der Waals surface area contributed by atoms with Crippen LogP contribution in [0.1, 0.15) is 54.9 Å². The Balaban J connectivity index is 1.42. The van der Waals surface area contributed by atoms with Crippen LogP contribution in [0, 0.1) is 5.82 Å². The largest absolute Gasteiger partial charge is 0.392 e. The fraction of sp³-hybridized carbons (Fsp3) is 0.300. The average Bonchev–Trinajstić information content (AvgIpc) is 3.55. The number of carbonyl (C=O) groups excluding carboxylic acids is 1. The van der Waals surface area contributed by atoms with Crippen molar-refractivity contribution in [3.8, 4) is 11.4 Å². The van der Waals surface area contributed by atoms with Crippen LogP contribution in [-0.2, 0) is 25.1 Å². The molecule has 3 aromatic heterocycles. The molecule has 0 bridgehead atoms. The number of amides is 1. The minimum Gasteiger partial charge on any atom is -0.392 e. The summed E-state index contributed by atoms with van der Waals surface area (Å²) in [6.07, 6.45) is 3.67. The highest BCUT2D eigenvalue weighted by Crippen LogP contribution is 2.29. The van der Waals surface area contributed by atoms with Gasteiger partial charge in [-0.3, -0.25) is 19.6 Å². The van der Waals surface area contributed by atoms with Crippen LogP contribution in [0.25, 0.3) is 22.1 Å². The smallest absolute Gasteiger partial charge is 0.282 e. The van der Waals surface area contributed by atoms with Crippen LogP contribution in [-0.4, -0.2) is 46.4 Å². The van der Waals surface area contributed by atoms with Crippen molar-refractivity contribution in [2.24, 2.45) is 5.73 Å². The number of carbonyl (C=O) groups is 1. The van der Waals surface area contributed by atoms with Gasteiger partial charge < -0.3 is 16.2 Å². The normalized spacial score (nSPS) is 15.1. The van der Waals surface area contributed by atoms with Gasteiger partial charge in [0.05, 0.1) is 36.2 Å². The van der Waals surface area contributed by atoms with Gasteiger partial charge in [-0.1, -0.05) is 26.8 Å². The first-order chi connectivity index (χ1) is 20.4. The first kappa shape index (κ1) is 28.2. The minimum atomic E-state index is -0.716. The predicted octanol–water partition coefficient (Wildman–Crippen LogP) is 3.03. The van der Waals surface area contributed by atoms with Crippen molar-refractivity contribution in [1.82, 2.24) is 34.7 Å². The highest BCUT2D eigenvalue weighted by atomic mass is 19.1. The summed E-state index contributed by atoms with van der Waals surface area (Å²) in [5.74, 6) is -0.688. The van der Waals surface area contributed by atoms with Crippen molar-refractivity contribution in [1.29, 1.82) is 0 Å². The molecule has 5 N–H and O–H groups in total. The molecule has 1 unspecified atom stereocenters. The summed E-state index contributed by atoms with van der Waals surface area (Å²) in [5.41, 5.74) is 7.45. The van der Waals surface area contributed by atoms with Gasteiger partial charge in [0.25, 0.3) is 11.5 Å². The maximum atomic E-state index is 15.3. The summed E-state index contributed by atoms with van der Waals surface area (Å²) in [6, 6.07) is 10.2. The van der Waals surface area contributed by atoms with E-state index >= 15 is 4.39 Å². The van der Waals surface area contributed by atoms with Gasteiger partial charge in [0.2, 0.25) is 0 Å². The first-order valence-corrected chi connectivity index (χ1v) is 13.9. The van der Waals surface area contributed by atoms with E-state index < -0.39 is 23.9 Å². The molecule has 6 rings (SSSR count). The van der Waals surface area contributed by atoms with Gasteiger partial charge in [-0.25, -0.2) is 9.07 Å². The number of hydrogen-bond donors (Lipinski definition) is 4. The van der Waals surface area contributed by atoms with Gasteiger partial charge in [-0.2, -0.15) is 14.9 Å². The number of nitrogens with zero attached hydrogens (tertiary/aromatic N) is 6. The van der Waals surface area contributed by atoms with Crippen molar-refractivity contribution in [2.75, 3.05) is 5.32 Å². The van der Waals surface area contributed by atoms with Crippen LogP contribution in [0.15, 0.2) is 53.6 Å². The molecule has 1 aliphatic heterocycles. The Kier molecular flexibility index (Phi) is 6.86. The lowest BCUT2D eigenvalue weighted by molar-refractivity contribution is 0.100. The molecule has 0 radical (unpaired) electrons. The van der Waals surface area contributed by atoms with Crippen molar-refractivity contribution in [3.63, 3.8) is 0 Å². The number of nitrogens with one attached hydrogen (secondary N) is 2. The zero-order valence-electron chi connectivity index (χ0n) is 24.2. The number of nitrogens with two attached hydrogens (primary N) is 1. The van der Waals surface area contributed by atoms with E-state index in [1.807, 2.05) is 31.5 Å². The molecule has 4 heterocycles. The lowest BCUT2D eigenvalue weighted by Gasteiger charge is -2.20. The Morgan fingerprint density at radius 1 is 1.21 bits per heavy atom. The van der Waals surface area contributed by atoms with E-state index in [1.165, 1.54) is 23.1 Å². The number of fused-ring (bicyclic) bond motifs is 2. The molecule has 5 aromatic rings. The molecular formula is C30H32FN9O3. The van der Waals surface area contributed by atoms with Gasteiger partial charge in [0, 0.05) is 41.4 Å². The predicted molar refractivity (Wildman–Crippen MR) is 159 cm³/mol. The van der Waals surface area contributed by atoms with E-state index in [4.69, 9.17) is 5.73 Å². The second-order valence-electron chi connectivity index (χ2n) is 11.8. The molecule has 13 heteroatoms. The number of rotatable bonds is 6. The molecule has 222 valence electrons. The third-order valence-electron chi connectivity index (χ3n) is 7.66. The van der Waals surface area contributed by atoms with Crippen LogP contribution >= 0.6 is 0 Å². The molecule has 12 nitrogen and oxygen atoms in total. The van der Waals surface area contributed by atoms with E-state index in [-0.39, 0.29) is 33.4 Å². The van der Waals surface area contributed by atoms with Crippen molar-refractivity contribution >= 4 is 28.3 Å². The van der Waals surface area contributed by atoms with Crippen molar-refractivity contribution in [2.45, 2.75) is 58.8 Å². The molecule has 43 heavy (non-hydrogen) atoms. The van der Waals surface area contributed by atoms with E-state index in [0.29, 0.717) is 29.6 Å². The number of halogens is 1. The average molecular weight is 586 g/mol. The number of anilines is 2. The molecule has 0 fully saturated rings. The van der Waals surface area contributed by atoms with Crippen LogP contribution in [0.3, 0.4) is 0 Å². The van der Waals surface area contributed by atoms with E-state index in [1.54, 1.807) is 24.3 Å². The third kappa shape index (κ3) is 5.06. The molecule has 2 aromatic carbocycles. The Bertz CT molecular complexity index is 1950. The van der Waals surface area contributed by atoms with Crippen LogP contribution in [0.2, 0.25) is 0 Å². The highest BCUT2D eigenvalue weighted by Gasteiger charge is 2.23. The Morgan fingerprint density at radius 2 is 1.98 bits per heavy atom. The third-order valence-corrected chi connectivity index (χ3v) is 7.66. The van der Waals surface area contributed by atoms with Gasteiger partial charge in [0.15, 0.2) is 11.6 Å². The molecular weight excluding hydrogens is 553 g/mol. The fourth-order valence-corrected chi connectivity index (χ4v) is 5.31. The Morgan fingerprint density at radius 3 is 2.70 bits per heavy atom. The van der Waals surface area contributed by atoms with Gasteiger partial charge in [-0.15, -0.1) is 5.10 Å². The number of primary amides is 1. The highest BCUT2D eigenvalue weighted by molar-refractivity contribution is 5.98. The number of aliphatic hydroxyl groups is 1. The van der Waals surface area contributed by atoms with Crippen LogP contribution < -0.4 is 21.9 Å². The maximum Gasteiger partial charge on any atom is 0.282 e. The SMILES string of the molecule is CC1Cc2cc(Nc3nn(-c4cccc(-n5ncc6cc(C(C)(C)C)cc(F)c6c5=O)c4CO)cc3C(N)=O)nn2CN1. The topological polar surface area (TPSA) is 158 Å². The van der Waals surface area contributed by atoms with E-state index in [2.05, 4.69) is 32.9 Å². The second-order valence-corrected chi connectivity index (χ2v) is 11.8. The first-order valence-electron chi connectivity index (χ1n) is 13.9. The summed E-state index contributed by atoms with van der Waals surface area (Å²) in [4.78, 5) is 25.9. The van der Waals surface area contributed by atoms with Gasteiger partial charge >= 0.3 is 0 Å². The number of aliphatic hydroxyl groups excluding tert-OH is 1. The van der Waals surface area contributed by atoms with E-state index in [9.17, 15) is 14.7 Å². The monoisotopic (exact) mass is 585 g/mol. The van der Waals surface area contributed by atoms with Gasteiger partial charge in [-0.05, 0) is 42.2 Å². The maximum absolute atomic E-state index is 15.3. The molecule has 0 aliphatic carbocycles. The van der Waals surface area contributed by atoms with Crippen LogP contribution in [0.4, 0.5) is 16.0 Å². The number of benzene rings is 2. The molecule has 0 saturated heterocycles. The molecule has 0 spiro atoms. The minimum absolute atomic E-state index is 0.101. The quantitative estimate of drug-likeness (QED) is 0.237. The molecule has 1 atom stereocenters. The molecule has 1 aliphatic rings. The summed E-state index contributed by atoms with van der Waals surface area (Å²) in [5, 5.41) is 30.6. The summed E-state index contributed by atoms with van der Waals surface area (Å²) in [6.45, 7) is 8.03. The zero-order valence-corrected chi connectivity index (χ0v) is 24.2. The standard InChI is InChI=1S/C30H32FN9O3/c1-16-8-19-11-25(36-39(19)15-33-16)35-28-20(27(32)42)13-38(37-28)23-6-5-7-24(21(23)14-41)40-29(43)26-17(12-34-40)9-18(10-22(26)31)30(2,3)4/h5-7,9-13,16,33,41H,8,14-15H2,1-4H3,(H2,32,42)(H,35,36,37). The second kappa shape index (κ2) is 10.4. The number of hydrogen-bond acceptors (Lipinski definition) is 8. The van der Waals surface area contributed by atoms with Crippen molar-refractivity contribution in [3.05, 3.63) is 87.3 Å². The van der Waals surface area contributed by atoms with Crippen LogP contribution in [0.5, 0.6) is 0 Å². The Labute approximate surface area is 245 Å². The van der Waals surface area contributed by atoms with E-state index in [0.717, 1.165) is 22.4 Å². The number of aromatic nitrogens is 6. The summed E-state index contributed by atoms with van der Waals surface area (Å²) >= 11 is 0. The lowest BCUT2D eigenvalue weighted by atomic mass is 9.86. The molecule has 1 amide bonds. The Hall–Kier alpha value is -4.88. The fourth-order valence-electron chi connectivity index (χ4n) is 5.31. The van der Waals surface area contributed by atoms with Gasteiger partial charge in [0.1, 0.15) is 11.4 Å². The summed E-state index contributed by atoms with van der Waals surface area (Å²) < 4.78 is 19.6. The lowest BCUT2D eigenvalue weighted by Crippen LogP contribution is -2.36. The zero-order chi connectivity index (χ0) is 30.6.